The van der Waals surface area contributed by atoms with Crippen LogP contribution in [0.25, 0.3) is 0 Å². The second-order valence-electron chi connectivity index (χ2n) is 1.35. The molecule has 0 bridgehead atoms. The van der Waals surface area contributed by atoms with E-state index in [1.54, 1.807) is 6.92 Å². The summed E-state index contributed by atoms with van der Waals surface area (Å²) >= 11 is 0. The molecule has 0 fully saturated rings. The zero-order valence-electron chi connectivity index (χ0n) is 5.22. The van der Waals surface area contributed by atoms with Crippen molar-refractivity contribution >= 4 is 35.0 Å². The topological polar surface area (TPSA) is 43.4 Å². The minimum absolute atomic E-state index is 0. The number of hydrogen-bond donors (Lipinski definition) is 0. The molecular weight excluding hydrogens is 144 g/mol. The van der Waals surface area contributed by atoms with Gasteiger partial charge >= 0.3 is 35.0 Å². The molecule has 0 unspecified atom stereocenters. The Labute approximate surface area is 75.6 Å². The van der Waals surface area contributed by atoms with Crippen LogP contribution in [-0.2, 0) is 14.3 Å². The molecule has 0 aromatic heterocycles. The summed E-state index contributed by atoms with van der Waals surface area (Å²) in [7, 11) is 0. The number of esters is 2. The predicted octanol–water partition coefficient (Wildman–Crippen LogP) is -0.264. The molecule has 0 aromatic carbocycles. The Kier molecular flexibility index (Phi) is 8.34. The van der Waals surface area contributed by atoms with Gasteiger partial charge in [0, 0.05) is 12.5 Å². The van der Waals surface area contributed by atoms with Crippen molar-refractivity contribution in [2.75, 3.05) is 0 Å². The smallest absolute Gasteiger partial charge is 0.337 e. The van der Waals surface area contributed by atoms with E-state index in [-0.39, 0.29) is 29.5 Å². The highest BCUT2D eigenvalue weighted by molar-refractivity contribution is 5.91. The third kappa shape index (κ3) is 5.78. The van der Waals surface area contributed by atoms with Gasteiger partial charge in [-0.25, -0.2) is 4.79 Å². The van der Waals surface area contributed by atoms with Gasteiger partial charge in [-0.2, -0.15) is 0 Å². The monoisotopic (exact) mass is 154 g/mol. The first-order chi connectivity index (χ1) is 4.20. The highest BCUT2D eigenvalue weighted by atomic mass is 24.3. The van der Waals surface area contributed by atoms with E-state index >= 15 is 0 Å². The van der Waals surface area contributed by atoms with E-state index in [2.05, 4.69) is 11.3 Å². The maximum Gasteiger partial charge on any atom is 0.337 e. The van der Waals surface area contributed by atoms with E-state index in [0.717, 1.165) is 6.08 Å². The number of carbonyl (C=O) groups is 2. The first kappa shape index (κ1) is 12.3. The lowest BCUT2D eigenvalue weighted by molar-refractivity contribution is -0.155. The van der Waals surface area contributed by atoms with E-state index in [1.165, 1.54) is 0 Å². The van der Waals surface area contributed by atoms with Gasteiger partial charge < -0.3 is 4.74 Å². The SMILES string of the molecule is C=CC(=O)OC(=O)CC.[MgH2]. The molecule has 0 spiro atoms. The van der Waals surface area contributed by atoms with E-state index in [4.69, 9.17) is 0 Å². The fourth-order valence-electron chi connectivity index (χ4n) is 0.226. The van der Waals surface area contributed by atoms with Crippen LogP contribution >= 0.6 is 0 Å². The van der Waals surface area contributed by atoms with Crippen LogP contribution in [0.1, 0.15) is 13.3 Å². The van der Waals surface area contributed by atoms with Crippen LogP contribution < -0.4 is 0 Å². The van der Waals surface area contributed by atoms with Crippen LogP contribution in [0.2, 0.25) is 0 Å². The summed E-state index contributed by atoms with van der Waals surface area (Å²) in [5.41, 5.74) is 0. The molecule has 0 amide bonds. The minimum atomic E-state index is -0.693. The van der Waals surface area contributed by atoms with E-state index in [0.29, 0.717) is 0 Å². The van der Waals surface area contributed by atoms with Gasteiger partial charge in [0.25, 0.3) is 0 Å². The molecule has 0 heterocycles. The van der Waals surface area contributed by atoms with Crippen molar-refractivity contribution in [3.05, 3.63) is 12.7 Å². The van der Waals surface area contributed by atoms with Crippen LogP contribution in [0.3, 0.4) is 0 Å². The minimum Gasteiger partial charge on any atom is -0.390 e. The highest BCUT2D eigenvalue weighted by Crippen LogP contribution is 1.84. The summed E-state index contributed by atoms with van der Waals surface area (Å²) in [5.74, 6) is -1.22. The summed E-state index contributed by atoms with van der Waals surface area (Å²) in [5, 5.41) is 0. The summed E-state index contributed by atoms with van der Waals surface area (Å²) < 4.78 is 4.15. The Morgan fingerprint density at radius 1 is 1.60 bits per heavy atom. The van der Waals surface area contributed by atoms with Gasteiger partial charge in [0.1, 0.15) is 0 Å². The third-order valence-electron chi connectivity index (χ3n) is 0.670. The molecule has 0 aliphatic carbocycles. The van der Waals surface area contributed by atoms with Gasteiger partial charge in [-0.1, -0.05) is 13.5 Å². The Morgan fingerprint density at radius 2 is 2.10 bits per heavy atom. The lowest BCUT2D eigenvalue weighted by Crippen LogP contribution is -2.07. The van der Waals surface area contributed by atoms with Crippen molar-refractivity contribution in [2.24, 2.45) is 0 Å². The lowest BCUT2D eigenvalue weighted by atomic mass is 10.5. The Hall–Kier alpha value is -0.354. The number of hydrogen-bond acceptors (Lipinski definition) is 3. The average Bonchev–Trinajstić information content (AvgIpc) is 1.87. The number of ether oxygens (including phenoxy) is 1. The van der Waals surface area contributed by atoms with Crippen molar-refractivity contribution in [2.45, 2.75) is 13.3 Å². The summed E-state index contributed by atoms with van der Waals surface area (Å²) in [4.78, 5) is 20.5. The van der Waals surface area contributed by atoms with E-state index in [9.17, 15) is 9.59 Å². The number of rotatable bonds is 2. The third-order valence-corrected chi connectivity index (χ3v) is 0.670. The van der Waals surface area contributed by atoms with Gasteiger partial charge in [-0.05, 0) is 0 Å². The molecule has 0 saturated carbocycles. The van der Waals surface area contributed by atoms with Crippen molar-refractivity contribution in [3.63, 3.8) is 0 Å². The molecule has 0 rings (SSSR count). The largest absolute Gasteiger partial charge is 0.390 e. The van der Waals surface area contributed by atoms with Crippen LogP contribution in [-0.4, -0.2) is 35.0 Å². The molecule has 0 radical (unpaired) electrons. The molecule has 0 aromatic rings. The molecule has 0 aliphatic heterocycles. The van der Waals surface area contributed by atoms with Gasteiger partial charge in [0.05, 0.1) is 0 Å². The van der Waals surface area contributed by atoms with Gasteiger partial charge in [-0.3, -0.25) is 4.79 Å². The first-order valence-electron chi connectivity index (χ1n) is 2.57. The Balaban J connectivity index is 0. The fraction of sp³-hybridized carbons (Fsp3) is 0.333. The van der Waals surface area contributed by atoms with Crippen LogP contribution in [0.15, 0.2) is 12.7 Å². The van der Waals surface area contributed by atoms with Gasteiger partial charge in [0.15, 0.2) is 0 Å². The summed E-state index contributed by atoms with van der Waals surface area (Å²) in [6.07, 6.45) is 1.16. The fourth-order valence-corrected chi connectivity index (χ4v) is 0.226. The van der Waals surface area contributed by atoms with Gasteiger partial charge in [0.2, 0.25) is 0 Å². The van der Waals surface area contributed by atoms with Crippen LogP contribution in [0, 0.1) is 0 Å². The lowest BCUT2D eigenvalue weighted by Gasteiger charge is -1.92. The van der Waals surface area contributed by atoms with Gasteiger partial charge in [-0.15, -0.1) is 0 Å². The normalized spacial score (nSPS) is 7.30. The summed E-state index contributed by atoms with van der Waals surface area (Å²) in [6, 6.07) is 0. The zero-order chi connectivity index (χ0) is 7.28. The van der Waals surface area contributed by atoms with Crippen molar-refractivity contribution in [3.8, 4) is 0 Å². The Bertz CT molecular complexity index is 142. The van der Waals surface area contributed by atoms with Crippen molar-refractivity contribution < 1.29 is 14.3 Å². The first-order valence-corrected chi connectivity index (χ1v) is 2.57. The molecule has 3 nitrogen and oxygen atoms in total. The standard InChI is InChI=1S/C6H8O3.Mg.2H/c1-3-5(7)9-6(8)4-2;;;/h3H,1,4H2,2H3;;;. The second-order valence-corrected chi connectivity index (χ2v) is 1.35. The van der Waals surface area contributed by atoms with Crippen molar-refractivity contribution in [1.29, 1.82) is 0 Å². The Morgan fingerprint density at radius 3 is 2.40 bits per heavy atom. The molecule has 54 valence electrons. The van der Waals surface area contributed by atoms with Crippen molar-refractivity contribution in [1.82, 2.24) is 0 Å². The molecule has 0 atom stereocenters. The predicted molar refractivity (Wildman–Crippen MR) is 40.1 cm³/mol. The maximum absolute atomic E-state index is 10.3. The quantitative estimate of drug-likeness (QED) is 0.238. The molecule has 0 aliphatic rings. The molecule has 0 saturated heterocycles. The molecule has 4 heteroatoms. The summed E-state index contributed by atoms with van der Waals surface area (Å²) in [6.45, 7) is 4.73. The average molecular weight is 154 g/mol. The van der Waals surface area contributed by atoms with E-state index in [1.807, 2.05) is 0 Å². The molecular formula is C6H10MgO3. The molecule has 0 N–H and O–H groups in total. The second kappa shape index (κ2) is 6.76. The number of carbonyl (C=O) groups excluding carboxylic acids is 2. The van der Waals surface area contributed by atoms with Crippen LogP contribution in [0.5, 0.6) is 0 Å². The zero-order valence-corrected chi connectivity index (χ0v) is 5.22. The highest BCUT2D eigenvalue weighted by Gasteiger charge is 2.01. The molecule has 10 heavy (non-hydrogen) atoms. The van der Waals surface area contributed by atoms with Crippen LogP contribution in [0.4, 0.5) is 0 Å². The maximum atomic E-state index is 10.3. The van der Waals surface area contributed by atoms with E-state index < -0.39 is 11.9 Å².